The Hall–Kier alpha value is -0.380. The van der Waals surface area contributed by atoms with Crippen molar-refractivity contribution in [3.8, 4) is 0 Å². The first-order chi connectivity index (χ1) is 8.51. The lowest BCUT2D eigenvalue weighted by atomic mass is 9.82. The fourth-order valence-corrected chi connectivity index (χ4v) is 3.26. The molecule has 1 aliphatic rings. The highest BCUT2D eigenvalue weighted by Gasteiger charge is 2.41. The smallest absolute Gasteiger partial charge is 0.233 e. The number of hydrogen-bond donors (Lipinski definition) is 1. The molecule has 0 aromatic carbocycles. The lowest BCUT2D eigenvalue weighted by molar-refractivity contribution is -0.184. The molecule has 114 valence electrons. The zero-order valence-corrected chi connectivity index (χ0v) is 11.8. The molecule has 19 heavy (non-hydrogen) atoms. The molecule has 5 nitrogen and oxygen atoms in total. The maximum Gasteiger partial charge on any atom is 0.391 e. The minimum Gasteiger partial charge on any atom is -0.233 e. The van der Waals surface area contributed by atoms with Crippen LogP contribution in [-0.2, 0) is 10.2 Å². The monoisotopic (exact) mass is 303 g/mol. The number of hydrazine groups is 1. The Morgan fingerprint density at radius 2 is 1.63 bits per heavy atom. The summed E-state index contributed by atoms with van der Waals surface area (Å²) in [6.07, 6.45) is -3.31. The molecule has 0 amide bonds. The largest absolute Gasteiger partial charge is 0.391 e. The van der Waals surface area contributed by atoms with E-state index in [1.807, 2.05) is 0 Å². The van der Waals surface area contributed by atoms with Gasteiger partial charge in [0.1, 0.15) is 0 Å². The van der Waals surface area contributed by atoms with Crippen LogP contribution < -0.4 is 5.14 Å². The maximum atomic E-state index is 12.5. The molecule has 0 unspecified atom stereocenters. The van der Waals surface area contributed by atoms with Gasteiger partial charge in [0.25, 0.3) is 10.2 Å². The van der Waals surface area contributed by atoms with Gasteiger partial charge in [-0.05, 0) is 31.6 Å². The van der Waals surface area contributed by atoms with Crippen LogP contribution in [0.1, 0.15) is 25.7 Å². The molecule has 0 heterocycles. The molecular formula is C10H20F3N3O2S. The molecule has 9 heteroatoms. The Morgan fingerprint density at radius 3 is 1.95 bits per heavy atom. The fraction of sp³-hybridized carbons (Fsp3) is 1.00. The molecule has 0 aliphatic heterocycles. The molecule has 0 radical (unpaired) electrons. The second-order valence-electron chi connectivity index (χ2n) is 5.16. The van der Waals surface area contributed by atoms with E-state index in [0.717, 1.165) is 4.41 Å². The Labute approximate surface area is 111 Å². The van der Waals surface area contributed by atoms with Gasteiger partial charge >= 0.3 is 6.18 Å². The Bertz CT molecular complexity index is 389. The van der Waals surface area contributed by atoms with Crippen LogP contribution in [0.2, 0.25) is 0 Å². The fourth-order valence-electron chi connectivity index (χ4n) is 2.39. The molecule has 0 atom stereocenters. The highest BCUT2D eigenvalue weighted by Crippen LogP contribution is 2.39. The Kier molecular flexibility index (Phi) is 5.21. The van der Waals surface area contributed by atoms with Crippen LogP contribution in [0.3, 0.4) is 0 Å². The van der Waals surface area contributed by atoms with E-state index in [2.05, 4.69) is 0 Å². The van der Waals surface area contributed by atoms with E-state index in [4.69, 9.17) is 5.14 Å². The zero-order chi connectivity index (χ0) is 14.8. The SMILES string of the molecule is CN(C)N(CC1CCC(C(F)(F)F)CC1)S(N)(=O)=O. The number of rotatable bonds is 4. The van der Waals surface area contributed by atoms with Gasteiger partial charge in [0, 0.05) is 20.6 Å². The van der Waals surface area contributed by atoms with Gasteiger partial charge in [0.15, 0.2) is 0 Å². The summed E-state index contributed by atoms with van der Waals surface area (Å²) in [5.41, 5.74) is 0. The first kappa shape index (κ1) is 16.7. The van der Waals surface area contributed by atoms with Gasteiger partial charge in [-0.3, -0.25) is 0 Å². The molecule has 2 N–H and O–H groups in total. The molecular weight excluding hydrogens is 283 g/mol. The average molecular weight is 303 g/mol. The van der Waals surface area contributed by atoms with Crippen LogP contribution in [0.4, 0.5) is 13.2 Å². The molecule has 0 spiro atoms. The quantitative estimate of drug-likeness (QED) is 0.797. The number of alkyl halides is 3. The predicted molar refractivity (Wildman–Crippen MR) is 65.0 cm³/mol. The van der Waals surface area contributed by atoms with Crippen LogP contribution in [0, 0.1) is 11.8 Å². The van der Waals surface area contributed by atoms with Crippen LogP contribution in [0.15, 0.2) is 0 Å². The van der Waals surface area contributed by atoms with E-state index in [0.29, 0.717) is 12.8 Å². The van der Waals surface area contributed by atoms with E-state index in [1.165, 1.54) is 19.1 Å². The lowest BCUT2D eigenvalue weighted by Crippen LogP contribution is -2.48. The van der Waals surface area contributed by atoms with Gasteiger partial charge in [0.05, 0.1) is 5.92 Å². The second kappa shape index (κ2) is 5.94. The third kappa shape index (κ3) is 4.90. The summed E-state index contributed by atoms with van der Waals surface area (Å²) in [6.45, 7) is 0.135. The minimum absolute atomic E-state index is 0.0556. The summed E-state index contributed by atoms with van der Waals surface area (Å²) in [5.74, 6) is -1.34. The summed E-state index contributed by atoms with van der Waals surface area (Å²) in [6, 6.07) is 0. The lowest BCUT2D eigenvalue weighted by Gasteiger charge is -2.34. The first-order valence-corrected chi connectivity index (χ1v) is 7.56. The predicted octanol–water partition coefficient (Wildman–Crippen LogP) is 1.34. The molecule has 0 aromatic heterocycles. The third-order valence-electron chi connectivity index (χ3n) is 3.46. The van der Waals surface area contributed by atoms with Crippen LogP contribution in [-0.4, -0.2) is 44.7 Å². The first-order valence-electron chi connectivity index (χ1n) is 6.06. The van der Waals surface area contributed by atoms with Gasteiger partial charge in [-0.15, -0.1) is 4.41 Å². The normalized spacial score (nSPS) is 26.1. The van der Waals surface area contributed by atoms with Gasteiger partial charge < -0.3 is 0 Å². The standard InChI is InChI=1S/C10H20F3N3O2S/c1-15(2)16(19(14,17)18)7-8-3-5-9(6-4-8)10(11,12)13/h8-9H,3-7H2,1-2H3,(H2,14,17,18). The van der Waals surface area contributed by atoms with E-state index >= 15 is 0 Å². The minimum atomic E-state index is -4.15. The average Bonchev–Trinajstić information content (AvgIpc) is 2.23. The summed E-state index contributed by atoms with van der Waals surface area (Å²) in [4.78, 5) is 0. The van der Waals surface area contributed by atoms with Crippen molar-refractivity contribution in [2.45, 2.75) is 31.9 Å². The van der Waals surface area contributed by atoms with E-state index in [9.17, 15) is 21.6 Å². The second-order valence-corrected chi connectivity index (χ2v) is 6.61. The van der Waals surface area contributed by atoms with Crippen molar-refractivity contribution in [2.24, 2.45) is 17.0 Å². The van der Waals surface area contributed by atoms with Crippen molar-refractivity contribution in [2.75, 3.05) is 20.6 Å². The molecule has 0 aromatic rings. The molecule has 1 aliphatic carbocycles. The molecule has 0 saturated heterocycles. The Morgan fingerprint density at radius 1 is 1.16 bits per heavy atom. The van der Waals surface area contributed by atoms with Crippen molar-refractivity contribution >= 4 is 10.2 Å². The Balaban J connectivity index is 2.57. The molecule has 1 fully saturated rings. The van der Waals surface area contributed by atoms with E-state index in [-0.39, 0.29) is 25.3 Å². The third-order valence-corrected chi connectivity index (χ3v) is 4.53. The van der Waals surface area contributed by atoms with Gasteiger partial charge in [-0.2, -0.15) is 21.6 Å². The van der Waals surface area contributed by atoms with Crippen LogP contribution in [0.25, 0.3) is 0 Å². The highest BCUT2D eigenvalue weighted by atomic mass is 32.2. The number of nitrogens with zero attached hydrogens (tertiary/aromatic N) is 2. The van der Waals surface area contributed by atoms with Crippen molar-refractivity contribution < 1.29 is 21.6 Å². The number of halogens is 3. The van der Waals surface area contributed by atoms with Crippen molar-refractivity contribution in [1.82, 2.24) is 9.42 Å². The van der Waals surface area contributed by atoms with E-state index < -0.39 is 22.3 Å². The van der Waals surface area contributed by atoms with Gasteiger partial charge in [-0.1, -0.05) is 0 Å². The van der Waals surface area contributed by atoms with Crippen molar-refractivity contribution in [1.29, 1.82) is 0 Å². The van der Waals surface area contributed by atoms with E-state index in [1.54, 1.807) is 0 Å². The summed E-state index contributed by atoms with van der Waals surface area (Å²) in [5, 5.41) is 6.41. The van der Waals surface area contributed by atoms with Crippen LogP contribution >= 0.6 is 0 Å². The highest BCUT2D eigenvalue weighted by molar-refractivity contribution is 7.86. The molecule has 1 saturated carbocycles. The van der Waals surface area contributed by atoms with Crippen molar-refractivity contribution in [3.05, 3.63) is 0 Å². The summed E-state index contributed by atoms with van der Waals surface area (Å²) in [7, 11) is -0.801. The molecule has 0 bridgehead atoms. The zero-order valence-electron chi connectivity index (χ0n) is 11.0. The molecule has 1 rings (SSSR count). The number of nitrogens with two attached hydrogens (primary N) is 1. The van der Waals surface area contributed by atoms with Crippen molar-refractivity contribution in [3.63, 3.8) is 0 Å². The maximum absolute atomic E-state index is 12.5. The summed E-state index contributed by atoms with van der Waals surface area (Å²) >= 11 is 0. The van der Waals surface area contributed by atoms with Gasteiger partial charge in [-0.25, -0.2) is 10.1 Å². The van der Waals surface area contributed by atoms with Gasteiger partial charge in [0.2, 0.25) is 0 Å². The number of hydrogen-bond acceptors (Lipinski definition) is 3. The summed E-state index contributed by atoms with van der Waals surface area (Å²) < 4.78 is 61.2. The topological polar surface area (TPSA) is 66.6 Å². The van der Waals surface area contributed by atoms with Crippen LogP contribution in [0.5, 0.6) is 0 Å².